The van der Waals surface area contributed by atoms with Gasteiger partial charge in [0.1, 0.15) is 6.10 Å². The van der Waals surface area contributed by atoms with Crippen molar-refractivity contribution in [2.75, 3.05) is 0 Å². The van der Waals surface area contributed by atoms with Gasteiger partial charge in [-0.2, -0.15) is 0 Å². The Hall–Kier alpha value is -0.790. The van der Waals surface area contributed by atoms with Gasteiger partial charge in [0.25, 0.3) is 0 Å². The lowest BCUT2D eigenvalue weighted by Gasteiger charge is -2.62. The highest BCUT2D eigenvalue weighted by Gasteiger charge is 2.61. The molecular weight excluding hydrogens is 681 g/mol. The first-order chi connectivity index (χ1) is 26.9. The van der Waals surface area contributed by atoms with Crippen molar-refractivity contribution in [3.8, 4) is 0 Å². The molecule has 0 saturated heterocycles. The summed E-state index contributed by atoms with van der Waals surface area (Å²) in [4.78, 5) is 13.1. The number of fused-ring (bicyclic) bond motifs is 5. The number of unbranched alkanes of at least 4 members (excludes halogenated alkanes) is 20. The molecule has 326 valence electrons. The third kappa shape index (κ3) is 13.4. The van der Waals surface area contributed by atoms with Gasteiger partial charge >= 0.3 is 5.97 Å². The molecule has 0 aromatic heterocycles. The van der Waals surface area contributed by atoms with Crippen LogP contribution in [0.25, 0.3) is 0 Å². The molecule has 0 aliphatic heterocycles. The van der Waals surface area contributed by atoms with Gasteiger partial charge < -0.3 is 4.74 Å². The third-order valence-electron chi connectivity index (χ3n) is 17.9. The zero-order chi connectivity index (χ0) is 40.6. The molecule has 0 aromatic rings. The van der Waals surface area contributed by atoms with Crippen LogP contribution in [0.4, 0.5) is 0 Å². The molecule has 0 aromatic carbocycles. The van der Waals surface area contributed by atoms with E-state index in [1.807, 2.05) is 0 Å². The fourth-order valence-electron chi connectivity index (χ4n) is 13.9. The van der Waals surface area contributed by atoms with E-state index in [0.717, 1.165) is 42.4 Å². The molecule has 4 fully saturated rings. The van der Waals surface area contributed by atoms with E-state index < -0.39 is 0 Å². The van der Waals surface area contributed by atoms with Crippen LogP contribution >= 0.6 is 0 Å². The van der Waals surface area contributed by atoms with Crippen LogP contribution in [0.3, 0.4) is 0 Å². The number of hydrogen-bond donors (Lipinski definition) is 0. The van der Waals surface area contributed by atoms with Crippen LogP contribution in [0, 0.1) is 64.1 Å². The Kier molecular flexibility index (Phi) is 20.9. The van der Waals surface area contributed by atoms with E-state index in [9.17, 15) is 4.79 Å². The average Bonchev–Trinajstić information content (AvgIpc) is 3.53. The van der Waals surface area contributed by atoms with E-state index in [4.69, 9.17) is 4.74 Å². The van der Waals surface area contributed by atoms with Crippen LogP contribution in [0.1, 0.15) is 255 Å². The second-order valence-corrected chi connectivity index (χ2v) is 21.8. The molecule has 0 bridgehead atoms. The van der Waals surface area contributed by atoms with E-state index in [1.165, 1.54) is 173 Å². The topological polar surface area (TPSA) is 26.3 Å². The smallest absolute Gasteiger partial charge is 0.306 e. The van der Waals surface area contributed by atoms with Crippen LogP contribution in [0.2, 0.25) is 0 Å². The number of ether oxygens (including phenoxy) is 1. The number of rotatable bonds is 27. The van der Waals surface area contributed by atoms with Gasteiger partial charge in [0.15, 0.2) is 0 Å². The largest absolute Gasteiger partial charge is 0.462 e. The lowest BCUT2D eigenvalue weighted by atomic mass is 9.43. The summed E-state index contributed by atoms with van der Waals surface area (Å²) in [7, 11) is 0. The summed E-state index contributed by atoms with van der Waals surface area (Å²) in [6, 6.07) is 0. The second-order valence-electron chi connectivity index (χ2n) is 21.8. The van der Waals surface area contributed by atoms with Crippen molar-refractivity contribution in [1.29, 1.82) is 0 Å². The molecule has 0 heterocycles. The summed E-state index contributed by atoms with van der Waals surface area (Å²) >= 11 is 0. The van der Waals surface area contributed by atoms with Gasteiger partial charge in [-0.1, -0.05) is 195 Å². The molecule has 4 rings (SSSR count). The van der Waals surface area contributed by atoms with E-state index in [1.54, 1.807) is 5.57 Å². The van der Waals surface area contributed by atoms with Crippen molar-refractivity contribution >= 4 is 5.97 Å². The molecule has 2 heteroatoms. The normalized spacial score (nSPS) is 32.8. The first kappa shape index (κ1) is 47.9. The number of carbonyl (C=O) groups excluding carboxylic acids is 1. The predicted octanol–water partition coefficient (Wildman–Crippen LogP) is 17.3. The van der Waals surface area contributed by atoms with E-state index in [2.05, 4.69) is 68.4 Å². The van der Waals surface area contributed by atoms with Crippen molar-refractivity contribution in [2.45, 2.75) is 261 Å². The van der Waals surface area contributed by atoms with E-state index in [0.29, 0.717) is 40.9 Å². The lowest BCUT2D eigenvalue weighted by molar-refractivity contribution is -0.175. The van der Waals surface area contributed by atoms with Crippen LogP contribution in [0.5, 0.6) is 0 Å². The second kappa shape index (κ2) is 24.5. The number of carbonyl (C=O) groups is 1. The molecule has 0 unspecified atom stereocenters. The number of allylic oxidation sites excluding steroid dienone is 2. The maximum Gasteiger partial charge on any atom is 0.306 e. The zero-order valence-electron chi connectivity index (χ0n) is 39.4. The average molecular weight is 779 g/mol. The van der Waals surface area contributed by atoms with E-state index >= 15 is 0 Å². The van der Waals surface area contributed by atoms with Gasteiger partial charge in [0.2, 0.25) is 0 Å². The molecule has 4 aliphatic carbocycles. The first-order valence-electron chi connectivity index (χ1n) is 25.8. The number of esters is 1. The third-order valence-corrected chi connectivity index (χ3v) is 17.9. The van der Waals surface area contributed by atoms with Crippen molar-refractivity contribution in [3.63, 3.8) is 0 Å². The minimum absolute atomic E-state index is 0.0866. The fourth-order valence-corrected chi connectivity index (χ4v) is 13.9. The monoisotopic (exact) mass is 779 g/mol. The van der Waals surface area contributed by atoms with Crippen molar-refractivity contribution < 1.29 is 9.53 Å². The van der Waals surface area contributed by atoms with Gasteiger partial charge in [0, 0.05) is 6.42 Å². The fraction of sp³-hybridized carbons (Fsp3) is 0.944. The molecule has 4 saturated carbocycles. The Morgan fingerprint density at radius 1 is 0.607 bits per heavy atom. The summed E-state index contributed by atoms with van der Waals surface area (Å²) in [6.45, 7) is 22.3. The standard InChI is InChI=1S/C54H98O2/c1-10-11-12-13-14-15-16-17-18-19-20-21-22-23-24-25-26-27-28-29-30-31-52(55)56-51-37-39-54(9)48(45(51)7)33-32-46-49-35-34-47(53(49,8)38-36-50(46)54)43(5)40-42(4)44(6)41(2)3/h40-41,43-51H,10-39H2,1-9H3/b42-40+/t43-,44-,45+,46+,47-,48+,49+,50+,51+,53-,54+/m1/s1. The van der Waals surface area contributed by atoms with Crippen molar-refractivity contribution in [2.24, 2.45) is 64.1 Å². The SMILES string of the molecule is CCCCCCCCCCCCCCCCCCCCCCCC(=O)O[C@H]1CC[C@@]2(C)[C@@H](CC[C@@H]3[C@@H]2CC[C@]2(C)[C@@H]([C@H](C)/C=C(\C)[C@H](C)C(C)C)CC[C@@H]32)[C@@H]1C. The minimum atomic E-state index is 0.0866. The van der Waals surface area contributed by atoms with Crippen molar-refractivity contribution in [3.05, 3.63) is 11.6 Å². The molecule has 0 N–H and O–H groups in total. The maximum absolute atomic E-state index is 13.1. The predicted molar refractivity (Wildman–Crippen MR) is 244 cm³/mol. The summed E-state index contributed by atoms with van der Waals surface area (Å²) in [6.07, 6.45) is 43.6. The van der Waals surface area contributed by atoms with Gasteiger partial charge in [-0.15, -0.1) is 0 Å². The summed E-state index contributed by atoms with van der Waals surface area (Å²) in [5, 5.41) is 0. The Morgan fingerprint density at radius 2 is 1.07 bits per heavy atom. The van der Waals surface area contributed by atoms with Crippen LogP contribution in [-0.4, -0.2) is 12.1 Å². The highest BCUT2D eigenvalue weighted by molar-refractivity contribution is 5.69. The van der Waals surface area contributed by atoms with Crippen LogP contribution in [-0.2, 0) is 9.53 Å². The number of hydrogen-bond acceptors (Lipinski definition) is 2. The Balaban J connectivity index is 1.05. The summed E-state index contributed by atoms with van der Waals surface area (Å²) in [5.74, 6) is 6.90. The quantitative estimate of drug-likeness (QED) is 0.0472. The molecule has 0 spiro atoms. The molecular formula is C54H98O2. The minimum Gasteiger partial charge on any atom is -0.462 e. The van der Waals surface area contributed by atoms with Gasteiger partial charge in [-0.3, -0.25) is 4.79 Å². The molecule has 56 heavy (non-hydrogen) atoms. The Labute approximate surface area is 351 Å². The Morgan fingerprint density at radius 3 is 1.59 bits per heavy atom. The lowest BCUT2D eigenvalue weighted by Crippen LogP contribution is -2.56. The van der Waals surface area contributed by atoms with Gasteiger partial charge in [0.05, 0.1) is 0 Å². The highest BCUT2D eigenvalue weighted by Crippen LogP contribution is 2.69. The highest BCUT2D eigenvalue weighted by atomic mass is 16.5. The molecule has 0 radical (unpaired) electrons. The van der Waals surface area contributed by atoms with E-state index in [-0.39, 0.29) is 12.1 Å². The maximum atomic E-state index is 13.1. The molecule has 4 aliphatic rings. The Bertz CT molecular complexity index is 1120. The van der Waals surface area contributed by atoms with Gasteiger partial charge in [-0.25, -0.2) is 0 Å². The zero-order valence-corrected chi connectivity index (χ0v) is 39.4. The van der Waals surface area contributed by atoms with Crippen LogP contribution < -0.4 is 0 Å². The van der Waals surface area contributed by atoms with Crippen molar-refractivity contribution in [1.82, 2.24) is 0 Å². The summed E-state index contributed by atoms with van der Waals surface area (Å²) in [5.41, 5.74) is 2.54. The van der Waals surface area contributed by atoms with Crippen LogP contribution in [0.15, 0.2) is 11.6 Å². The first-order valence-corrected chi connectivity index (χ1v) is 25.8. The molecule has 2 nitrogen and oxygen atoms in total. The molecule has 11 atom stereocenters. The summed E-state index contributed by atoms with van der Waals surface area (Å²) < 4.78 is 6.32. The molecule has 0 amide bonds. The van der Waals surface area contributed by atoms with Gasteiger partial charge in [-0.05, 0) is 129 Å².